The number of hydrogen-bond donors (Lipinski definition) is 1. The predicted molar refractivity (Wildman–Crippen MR) is 112 cm³/mol. The molecule has 1 N–H and O–H groups in total. The van der Waals surface area contributed by atoms with Crippen LogP contribution in [0.3, 0.4) is 0 Å². The highest BCUT2D eigenvalue weighted by Gasteiger charge is 2.19. The molecule has 0 spiro atoms. The zero-order valence-electron chi connectivity index (χ0n) is 16.9. The van der Waals surface area contributed by atoms with Crippen molar-refractivity contribution in [1.82, 2.24) is 20.2 Å². The number of aromatic amines is 1. The van der Waals surface area contributed by atoms with Gasteiger partial charge in [-0.15, -0.1) is 0 Å². The summed E-state index contributed by atoms with van der Waals surface area (Å²) in [6.07, 6.45) is 4.67. The first-order chi connectivity index (χ1) is 16.0. The topological polar surface area (TPSA) is 76.2 Å². The van der Waals surface area contributed by atoms with E-state index in [4.69, 9.17) is 0 Å². The van der Waals surface area contributed by atoms with E-state index in [1.807, 2.05) is 24.3 Å². The van der Waals surface area contributed by atoms with Gasteiger partial charge in [0, 0.05) is 41.9 Å². The maximum absolute atomic E-state index is 12.9. The third-order valence-corrected chi connectivity index (χ3v) is 4.58. The van der Waals surface area contributed by atoms with Crippen LogP contribution in [0.4, 0.5) is 28.9 Å². The lowest BCUT2D eigenvalue weighted by Gasteiger charge is -2.26. The average molecular weight is 459 g/mol. The molecular formula is C22H17F4N5O2. The van der Waals surface area contributed by atoms with E-state index in [-0.39, 0.29) is 0 Å². The summed E-state index contributed by atoms with van der Waals surface area (Å²) in [6, 6.07) is 14.8. The monoisotopic (exact) mass is 459 g/mol. The number of pyridine rings is 1. The van der Waals surface area contributed by atoms with Crippen LogP contribution in [0.25, 0.3) is 11.4 Å². The van der Waals surface area contributed by atoms with Gasteiger partial charge in [-0.2, -0.15) is 22.7 Å². The number of alkyl halides is 4. The van der Waals surface area contributed by atoms with Crippen molar-refractivity contribution in [3.8, 4) is 22.9 Å². The largest absolute Gasteiger partial charge is 0.431 e. The summed E-state index contributed by atoms with van der Waals surface area (Å²) in [5.41, 5.74) is 2.65. The lowest BCUT2D eigenvalue weighted by molar-refractivity contribution is -0.0692. The molecule has 7 nitrogen and oxygen atoms in total. The Morgan fingerprint density at radius 2 is 1.67 bits per heavy atom. The summed E-state index contributed by atoms with van der Waals surface area (Å²) >= 11 is 0. The third-order valence-electron chi connectivity index (χ3n) is 4.58. The smallest absolute Gasteiger partial charge is 0.387 e. The molecule has 0 aliphatic heterocycles. The van der Waals surface area contributed by atoms with Crippen LogP contribution in [-0.4, -0.2) is 33.4 Å². The van der Waals surface area contributed by atoms with Crippen molar-refractivity contribution >= 4 is 11.4 Å². The van der Waals surface area contributed by atoms with E-state index >= 15 is 0 Å². The molecule has 0 aliphatic carbocycles. The molecule has 2 heterocycles. The number of nitrogens with one attached hydrogen (secondary N) is 1. The summed E-state index contributed by atoms with van der Waals surface area (Å²) in [5.74, 6) is -0.461. The summed E-state index contributed by atoms with van der Waals surface area (Å²) in [5, 5.41) is 6.64. The molecule has 0 atom stereocenters. The van der Waals surface area contributed by atoms with E-state index in [0.717, 1.165) is 17.2 Å². The number of aromatic nitrogens is 4. The number of anilines is 2. The summed E-state index contributed by atoms with van der Waals surface area (Å²) < 4.78 is 60.1. The molecule has 0 radical (unpaired) electrons. The van der Waals surface area contributed by atoms with Gasteiger partial charge in [-0.25, -0.2) is 4.98 Å². The number of hydrogen-bond acceptors (Lipinski definition) is 6. The van der Waals surface area contributed by atoms with E-state index in [0.29, 0.717) is 23.7 Å². The Kier molecular flexibility index (Phi) is 6.67. The minimum Gasteiger partial charge on any atom is -0.431 e. The second kappa shape index (κ2) is 9.98. The van der Waals surface area contributed by atoms with Crippen molar-refractivity contribution in [3.05, 3.63) is 78.9 Å². The predicted octanol–water partition coefficient (Wildman–Crippen LogP) is 5.41. The van der Waals surface area contributed by atoms with Gasteiger partial charge >= 0.3 is 13.2 Å². The molecule has 0 saturated carbocycles. The van der Waals surface area contributed by atoms with Crippen LogP contribution in [0.2, 0.25) is 0 Å². The zero-order chi connectivity index (χ0) is 23.2. The molecule has 0 saturated heterocycles. The highest BCUT2D eigenvalue weighted by Crippen LogP contribution is 2.38. The normalized spacial score (nSPS) is 11.1. The Morgan fingerprint density at radius 1 is 0.879 bits per heavy atom. The number of benzene rings is 2. The van der Waals surface area contributed by atoms with Gasteiger partial charge in [-0.1, -0.05) is 18.2 Å². The lowest BCUT2D eigenvalue weighted by atomic mass is 10.1. The molecule has 33 heavy (non-hydrogen) atoms. The van der Waals surface area contributed by atoms with Crippen molar-refractivity contribution in [2.45, 2.75) is 19.8 Å². The second-order valence-electron chi connectivity index (χ2n) is 6.72. The average Bonchev–Trinajstić information content (AvgIpc) is 3.34. The van der Waals surface area contributed by atoms with Crippen LogP contribution >= 0.6 is 0 Å². The number of H-pyrrole nitrogens is 1. The van der Waals surface area contributed by atoms with Gasteiger partial charge in [-0.3, -0.25) is 10.1 Å². The highest BCUT2D eigenvalue weighted by molar-refractivity contribution is 5.71. The number of halogens is 4. The quantitative estimate of drug-likeness (QED) is 0.338. The van der Waals surface area contributed by atoms with Crippen LogP contribution in [0.1, 0.15) is 5.56 Å². The molecule has 2 aromatic heterocycles. The Labute approximate surface area is 185 Å². The molecule has 0 bridgehead atoms. The number of ether oxygens (including phenoxy) is 2. The van der Waals surface area contributed by atoms with Gasteiger partial charge in [0.15, 0.2) is 17.3 Å². The van der Waals surface area contributed by atoms with E-state index in [9.17, 15) is 17.6 Å². The molecular weight excluding hydrogens is 442 g/mol. The Balaban J connectivity index is 1.77. The van der Waals surface area contributed by atoms with Crippen molar-refractivity contribution < 1.29 is 27.0 Å². The first-order valence-electron chi connectivity index (χ1n) is 9.65. The maximum Gasteiger partial charge on any atom is 0.387 e. The summed E-state index contributed by atoms with van der Waals surface area (Å²) in [6.45, 7) is -6.11. The maximum atomic E-state index is 12.9. The molecule has 0 amide bonds. The van der Waals surface area contributed by atoms with Crippen molar-refractivity contribution in [3.63, 3.8) is 0 Å². The SMILES string of the molecule is FC(F)Oc1ccc(N(Cc2cccnc2)c2cccc(-c3ncn[nH]3)c2)cc1OC(F)F. The fourth-order valence-electron chi connectivity index (χ4n) is 3.22. The molecule has 0 fully saturated rings. The van der Waals surface area contributed by atoms with Gasteiger partial charge in [0.05, 0.1) is 0 Å². The Hall–Kier alpha value is -4.15. The van der Waals surface area contributed by atoms with Crippen molar-refractivity contribution in [1.29, 1.82) is 0 Å². The number of rotatable bonds is 9. The minimum atomic E-state index is -3.22. The van der Waals surface area contributed by atoms with E-state index in [1.54, 1.807) is 29.4 Å². The Morgan fingerprint density at radius 3 is 2.36 bits per heavy atom. The zero-order valence-corrected chi connectivity index (χ0v) is 16.9. The summed E-state index contributed by atoms with van der Waals surface area (Å²) in [4.78, 5) is 10.0. The van der Waals surface area contributed by atoms with Crippen molar-refractivity contribution in [2.24, 2.45) is 0 Å². The highest BCUT2D eigenvalue weighted by atomic mass is 19.3. The molecule has 0 unspecified atom stereocenters. The molecule has 170 valence electrons. The van der Waals surface area contributed by atoms with Gasteiger partial charge in [0.1, 0.15) is 6.33 Å². The minimum absolute atomic E-state index is 0.302. The summed E-state index contributed by atoms with van der Waals surface area (Å²) in [7, 11) is 0. The van der Waals surface area contributed by atoms with E-state index in [1.165, 1.54) is 18.5 Å². The first-order valence-corrected chi connectivity index (χ1v) is 9.65. The number of nitrogens with zero attached hydrogens (tertiary/aromatic N) is 4. The lowest BCUT2D eigenvalue weighted by Crippen LogP contribution is -2.17. The van der Waals surface area contributed by atoms with Crippen LogP contribution in [0, 0.1) is 0 Å². The van der Waals surface area contributed by atoms with Gasteiger partial charge in [0.25, 0.3) is 0 Å². The fraction of sp³-hybridized carbons (Fsp3) is 0.136. The van der Waals surface area contributed by atoms with Crippen LogP contribution < -0.4 is 14.4 Å². The molecule has 11 heteroatoms. The Bertz CT molecular complexity index is 1180. The molecule has 4 aromatic rings. The fourth-order valence-corrected chi connectivity index (χ4v) is 3.22. The van der Waals surface area contributed by atoms with Gasteiger partial charge in [-0.05, 0) is 35.9 Å². The van der Waals surface area contributed by atoms with Crippen molar-refractivity contribution in [2.75, 3.05) is 4.90 Å². The van der Waals surface area contributed by atoms with E-state index in [2.05, 4.69) is 29.6 Å². The van der Waals surface area contributed by atoms with Crippen LogP contribution in [0.15, 0.2) is 73.3 Å². The van der Waals surface area contributed by atoms with E-state index < -0.39 is 24.7 Å². The third kappa shape index (κ3) is 5.56. The van der Waals surface area contributed by atoms with Crippen LogP contribution in [-0.2, 0) is 6.54 Å². The molecule has 0 aliphatic rings. The second-order valence-corrected chi connectivity index (χ2v) is 6.72. The van der Waals surface area contributed by atoms with Gasteiger partial charge < -0.3 is 14.4 Å². The first kappa shape index (κ1) is 22.1. The molecule has 4 rings (SSSR count). The van der Waals surface area contributed by atoms with Crippen LogP contribution in [0.5, 0.6) is 11.5 Å². The van der Waals surface area contributed by atoms with Gasteiger partial charge in [0.2, 0.25) is 0 Å². The molecule has 2 aromatic carbocycles. The standard InChI is InChI=1S/C22H17F4N5O2/c23-21(24)32-18-7-6-17(10-19(18)33-22(25)26)31(12-14-3-2-8-27-11-14)16-5-1-4-15(9-16)20-28-13-29-30-20/h1-11,13,21-22H,12H2,(H,28,29,30).